The van der Waals surface area contributed by atoms with Crippen molar-refractivity contribution in [3.05, 3.63) is 203 Å². The molecule has 0 fully saturated rings. The summed E-state index contributed by atoms with van der Waals surface area (Å²) in [5, 5.41) is 0. The Balaban J connectivity index is 0.00000186. The van der Waals surface area contributed by atoms with E-state index in [1.807, 2.05) is 0 Å². The molecule has 46 heavy (non-hydrogen) atoms. The third-order valence-electron chi connectivity index (χ3n) is 10.3. The van der Waals surface area contributed by atoms with Gasteiger partial charge in [0.1, 0.15) is 0 Å². The second-order valence-corrected chi connectivity index (χ2v) is 35.1. The molecule has 0 N–H and O–H groups in total. The molecule has 8 rings (SSSR count). The maximum absolute atomic E-state index is 4.76. The van der Waals surface area contributed by atoms with E-state index in [-0.39, 0.29) is 32.1 Å². The summed E-state index contributed by atoms with van der Waals surface area (Å²) in [5.74, 6) is 0. The van der Waals surface area contributed by atoms with Crippen LogP contribution in [0.2, 0.25) is 0 Å². The first kappa shape index (κ1) is 32.4. The van der Waals surface area contributed by atoms with Gasteiger partial charge in [0.15, 0.2) is 0 Å². The first-order chi connectivity index (χ1) is 21.7. The Kier molecular flexibility index (Phi) is 9.12. The molecule has 0 saturated carbocycles. The van der Waals surface area contributed by atoms with E-state index < -0.39 is 17.4 Å². The quantitative estimate of drug-likeness (QED) is 0.150. The Labute approximate surface area is 287 Å². The fraction of sp³-hybridized carbons (Fsp3) is 0.0476. The summed E-state index contributed by atoms with van der Waals surface area (Å²) in [7, 11) is 0. The van der Waals surface area contributed by atoms with Crippen LogP contribution in [0, 0.1) is 0 Å². The second-order valence-electron chi connectivity index (χ2n) is 12.4. The van der Waals surface area contributed by atoms with Crippen LogP contribution in [-0.2, 0) is 17.4 Å². The molecule has 0 aliphatic heterocycles. The van der Waals surface area contributed by atoms with Crippen LogP contribution >= 0.6 is 24.8 Å². The third-order valence-corrected chi connectivity index (χ3v) is 37.8. The van der Waals surface area contributed by atoms with E-state index in [0.29, 0.717) is 0 Å². The number of hydrogen-bond acceptors (Lipinski definition) is 0. The Morgan fingerprint density at radius 1 is 0.370 bits per heavy atom. The zero-order chi connectivity index (χ0) is 29.6. The Morgan fingerprint density at radius 2 is 0.674 bits per heavy atom. The number of fused-ring (bicyclic) bond motifs is 2. The fourth-order valence-corrected chi connectivity index (χ4v) is 35.7. The number of benzene rings is 6. The van der Waals surface area contributed by atoms with Crippen LogP contribution in [0.25, 0.3) is 23.3 Å². The number of allylic oxidation sites excluding steroid dienone is 2. The van der Waals surface area contributed by atoms with Gasteiger partial charge in [-0.25, -0.2) is 0 Å². The molecule has 0 nitrogen and oxygen atoms in total. The summed E-state index contributed by atoms with van der Waals surface area (Å²) in [6, 6.07) is 64.1. The molecule has 0 spiro atoms. The molecule has 6 aromatic rings. The molecule has 2 unspecified atom stereocenters. The molecule has 226 valence electrons. The maximum atomic E-state index is 2.51. The van der Waals surface area contributed by atoms with Crippen LogP contribution in [0.3, 0.4) is 0 Å². The van der Waals surface area contributed by atoms with Gasteiger partial charge in [0.25, 0.3) is 0 Å². The Morgan fingerprint density at radius 3 is 1.04 bits per heavy atom. The number of hydrogen-bond donors (Lipinski definition) is 0. The van der Waals surface area contributed by atoms with Crippen LogP contribution < -0.4 is 6.54 Å². The van der Waals surface area contributed by atoms with Gasteiger partial charge >= 0.3 is 265 Å². The van der Waals surface area contributed by atoms with E-state index >= 15 is 0 Å². The van der Waals surface area contributed by atoms with Gasteiger partial charge in [-0.1, -0.05) is 0 Å². The first-order valence-electron chi connectivity index (χ1n) is 15.5. The monoisotopic (exact) mass is 728 g/mol. The standard InChI is InChI=1S/2C15H11.2C6H5.2ClH.H2Si.Zr/c2*1-2-6-12(7-3-1)15-10-13-8-4-5-9-14(13)11-15;2*1-2-4-6-5-3-1;;;;/h2*1-11H;2*1-5H;2*1H;1H2;. The van der Waals surface area contributed by atoms with Gasteiger partial charge in [0.05, 0.1) is 0 Å². The molecule has 4 heteroatoms. The average molecular weight is 731 g/mol. The Bertz CT molecular complexity index is 1970. The van der Waals surface area contributed by atoms with Crippen molar-refractivity contribution >= 4 is 61.5 Å². The summed E-state index contributed by atoms with van der Waals surface area (Å²) in [6.07, 6.45) is 5.02. The summed E-state index contributed by atoms with van der Waals surface area (Å²) in [5.41, 5.74) is 11.2. The van der Waals surface area contributed by atoms with Crippen molar-refractivity contribution < 1.29 is 17.4 Å². The van der Waals surface area contributed by atoms with Gasteiger partial charge in [0, 0.05) is 0 Å². The molecule has 2 aliphatic carbocycles. The fourth-order valence-electron chi connectivity index (χ4n) is 8.49. The summed E-state index contributed by atoms with van der Waals surface area (Å²) >= 11 is -4.76. The van der Waals surface area contributed by atoms with E-state index in [9.17, 15) is 0 Å². The molecular formula is C42H36Cl2SiZr. The topological polar surface area (TPSA) is 0 Å². The summed E-state index contributed by atoms with van der Waals surface area (Å²) in [4.78, 5) is 0. The van der Waals surface area contributed by atoms with Gasteiger partial charge in [-0.05, 0) is 0 Å². The molecule has 2 atom stereocenters. The molecule has 0 aromatic heterocycles. The van der Waals surface area contributed by atoms with E-state index in [1.165, 1.54) is 51.1 Å². The van der Waals surface area contributed by atoms with Gasteiger partial charge in [-0.3, -0.25) is 0 Å². The minimum atomic E-state index is -4.76. The van der Waals surface area contributed by atoms with E-state index in [0.717, 1.165) is 0 Å². The van der Waals surface area contributed by atoms with Crippen molar-refractivity contribution in [2.75, 3.05) is 0 Å². The molecule has 0 bridgehead atoms. The van der Waals surface area contributed by atoms with Crippen molar-refractivity contribution in [1.29, 1.82) is 0 Å². The molecule has 0 radical (unpaired) electrons. The van der Waals surface area contributed by atoms with Crippen molar-refractivity contribution in [2.45, 2.75) is 7.25 Å². The van der Waals surface area contributed by atoms with Gasteiger partial charge in [-0.2, -0.15) is 0 Å². The predicted octanol–water partition coefficient (Wildman–Crippen LogP) is 9.31. The normalized spacial score (nSPS) is 16.6. The van der Waals surface area contributed by atoms with Crippen molar-refractivity contribution in [3.8, 4) is 0 Å². The van der Waals surface area contributed by atoms with Gasteiger partial charge in [0.2, 0.25) is 0 Å². The second kappa shape index (κ2) is 12.9. The SMILES string of the molecule is Cl.Cl.[SiH2]=[Zr]([c]1ccccc1)([c]1ccccc1)([CH]1C(c2ccccc2)=Cc2ccccc21)[CH]1C(c2ccccc2)=Cc2ccccc21. The first-order valence-corrected chi connectivity index (χ1v) is 26.8. The van der Waals surface area contributed by atoms with Crippen LogP contribution in [-0.4, -0.2) is 6.88 Å². The molecule has 2 aliphatic rings. The van der Waals surface area contributed by atoms with Crippen molar-refractivity contribution in [2.24, 2.45) is 0 Å². The van der Waals surface area contributed by atoms with Gasteiger partial charge < -0.3 is 0 Å². The minimum absolute atomic E-state index is 0. The zero-order valence-corrected chi connectivity index (χ0v) is 31.0. The number of rotatable bonds is 6. The van der Waals surface area contributed by atoms with E-state index in [4.69, 9.17) is 0 Å². The van der Waals surface area contributed by atoms with Crippen molar-refractivity contribution in [3.63, 3.8) is 0 Å². The van der Waals surface area contributed by atoms with E-state index in [2.05, 4.69) is 189 Å². The average Bonchev–Trinajstić information content (AvgIpc) is 3.70. The molecule has 0 heterocycles. The molecule has 0 saturated heterocycles. The summed E-state index contributed by atoms with van der Waals surface area (Å²) < 4.78 is 3.54. The van der Waals surface area contributed by atoms with Crippen LogP contribution in [0.4, 0.5) is 0 Å². The molecular weight excluding hydrogens is 695 g/mol. The molecule has 0 amide bonds. The van der Waals surface area contributed by atoms with Crippen LogP contribution in [0.15, 0.2) is 170 Å². The third kappa shape index (κ3) is 4.81. The Hall–Kier alpha value is -3.52. The van der Waals surface area contributed by atoms with Crippen molar-refractivity contribution in [1.82, 2.24) is 0 Å². The zero-order valence-electron chi connectivity index (χ0n) is 25.5. The molecule has 6 aromatic carbocycles. The van der Waals surface area contributed by atoms with Crippen LogP contribution in [0.1, 0.15) is 40.6 Å². The van der Waals surface area contributed by atoms with E-state index in [1.54, 1.807) is 0 Å². The number of halogens is 2. The van der Waals surface area contributed by atoms with Gasteiger partial charge in [-0.15, -0.1) is 24.8 Å². The van der Waals surface area contributed by atoms with Crippen LogP contribution in [0.5, 0.6) is 0 Å². The predicted molar refractivity (Wildman–Crippen MR) is 202 cm³/mol. The summed E-state index contributed by atoms with van der Waals surface area (Å²) in [6.45, 7) is 2.43.